The number of aromatic nitrogens is 2. The Hall–Kier alpha value is -1.53. The Morgan fingerprint density at radius 3 is 2.92 bits per heavy atom. The highest BCUT2D eigenvalue weighted by Gasteiger charge is 2.23. The van der Waals surface area contributed by atoms with E-state index in [-0.39, 0.29) is 17.5 Å². The maximum Gasteiger partial charge on any atom is 0.262 e. The van der Waals surface area contributed by atoms with Crippen LogP contribution in [0.5, 0.6) is 0 Å². The Bertz CT molecular complexity index is 868. The number of likely N-dealkylation sites (tertiary alicyclic amines) is 1. The fourth-order valence-electron chi connectivity index (χ4n) is 3.38. The van der Waals surface area contributed by atoms with Gasteiger partial charge in [-0.25, -0.2) is 4.98 Å². The zero-order valence-corrected chi connectivity index (χ0v) is 16.8. The minimum atomic E-state index is -0.0743. The summed E-state index contributed by atoms with van der Waals surface area (Å²) in [6.07, 6.45) is 4.13. The summed E-state index contributed by atoms with van der Waals surface area (Å²) >= 11 is 7.40. The van der Waals surface area contributed by atoms with Crippen molar-refractivity contribution < 1.29 is 4.79 Å². The summed E-state index contributed by atoms with van der Waals surface area (Å²) in [6, 6.07) is 5.41. The number of carbonyl (C=O) groups excluding carboxylic acids is 1. The van der Waals surface area contributed by atoms with Crippen LogP contribution in [0.15, 0.2) is 28.2 Å². The molecule has 1 aromatic heterocycles. The van der Waals surface area contributed by atoms with Gasteiger partial charge in [0.05, 0.1) is 16.7 Å². The van der Waals surface area contributed by atoms with E-state index in [9.17, 15) is 9.59 Å². The fraction of sp³-hybridized carbons (Fsp3) is 0.526. The van der Waals surface area contributed by atoms with Gasteiger partial charge in [0.1, 0.15) is 0 Å². The van der Waals surface area contributed by atoms with Crippen LogP contribution in [0.25, 0.3) is 10.9 Å². The number of nitrogens with zero attached hydrogens (tertiary/aromatic N) is 3. The third kappa shape index (κ3) is 4.07. The lowest BCUT2D eigenvalue weighted by molar-refractivity contribution is -0.131. The quantitative estimate of drug-likeness (QED) is 0.570. The molecular formula is C19H24ClN3O2S. The molecule has 0 radical (unpaired) electrons. The van der Waals surface area contributed by atoms with Crippen molar-refractivity contribution in [2.24, 2.45) is 0 Å². The summed E-state index contributed by atoms with van der Waals surface area (Å²) in [7, 11) is 0. The van der Waals surface area contributed by atoms with E-state index in [1.807, 2.05) is 11.8 Å². The van der Waals surface area contributed by atoms with E-state index >= 15 is 0 Å². The maximum atomic E-state index is 12.8. The Labute approximate surface area is 162 Å². The van der Waals surface area contributed by atoms with Gasteiger partial charge in [-0.3, -0.25) is 14.2 Å². The second-order valence-corrected chi connectivity index (χ2v) is 8.11. The van der Waals surface area contributed by atoms with Gasteiger partial charge >= 0.3 is 0 Å². The number of rotatable bonds is 5. The number of thioether (sulfide) groups is 1. The monoisotopic (exact) mass is 393 g/mol. The van der Waals surface area contributed by atoms with Crippen molar-refractivity contribution in [3.05, 3.63) is 33.6 Å². The normalized spacial score (nSPS) is 17.7. The van der Waals surface area contributed by atoms with Crippen LogP contribution in [0.1, 0.15) is 39.5 Å². The van der Waals surface area contributed by atoms with E-state index < -0.39 is 0 Å². The van der Waals surface area contributed by atoms with Gasteiger partial charge < -0.3 is 4.90 Å². The molecule has 3 rings (SSSR count). The first-order valence-corrected chi connectivity index (χ1v) is 10.5. The van der Waals surface area contributed by atoms with Gasteiger partial charge in [0.2, 0.25) is 5.91 Å². The Kier molecular flexibility index (Phi) is 6.24. The Morgan fingerprint density at radius 2 is 2.19 bits per heavy atom. The van der Waals surface area contributed by atoms with Crippen molar-refractivity contribution in [1.29, 1.82) is 0 Å². The first-order chi connectivity index (χ1) is 12.5. The van der Waals surface area contributed by atoms with Gasteiger partial charge in [-0.1, -0.05) is 30.3 Å². The molecule has 7 heteroatoms. The summed E-state index contributed by atoms with van der Waals surface area (Å²) < 4.78 is 1.67. The molecule has 2 aromatic rings. The van der Waals surface area contributed by atoms with Crippen LogP contribution in [0.4, 0.5) is 0 Å². The van der Waals surface area contributed by atoms with E-state index in [4.69, 9.17) is 11.6 Å². The van der Waals surface area contributed by atoms with Crippen LogP contribution in [0.3, 0.4) is 0 Å². The summed E-state index contributed by atoms with van der Waals surface area (Å²) in [5, 5.41) is 1.69. The molecule has 0 spiro atoms. The maximum absolute atomic E-state index is 12.8. The predicted molar refractivity (Wildman–Crippen MR) is 107 cm³/mol. The van der Waals surface area contributed by atoms with Gasteiger partial charge in [-0.15, -0.1) is 0 Å². The molecule has 1 amide bonds. The third-order valence-electron chi connectivity index (χ3n) is 4.78. The van der Waals surface area contributed by atoms with Crippen molar-refractivity contribution >= 4 is 40.2 Å². The smallest absolute Gasteiger partial charge is 0.262 e. The van der Waals surface area contributed by atoms with Crippen molar-refractivity contribution in [2.75, 3.05) is 12.3 Å². The second-order valence-electron chi connectivity index (χ2n) is 6.73. The number of carbonyl (C=O) groups is 1. The largest absolute Gasteiger partial charge is 0.339 e. The van der Waals surface area contributed by atoms with Crippen LogP contribution in [0, 0.1) is 0 Å². The molecule has 2 heterocycles. The molecule has 0 N–H and O–H groups in total. The molecule has 0 aliphatic carbocycles. The average molecular weight is 394 g/mol. The van der Waals surface area contributed by atoms with Crippen molar-refractivity contribution in [2.45, 2.75) is 57.3 Å². The van der Waals surface area contributed by atoms with Crippen LogP contribution >= 0.6 is 23.4 Å². The lowest BCUT2D eigenvalue weighted by Crippen LogP contribution is -2.43. The molecule has 26 heavy (non-hydrogen) atoms. The molecule has 1 aliphatic rings. The van der Waals surface area contributed by atoms with Gasteiger partial charge in [-0.05, 0) is 50.8 Å². The SMILES string of the molecule is CCCn1c(SCC(=O)N2CCCC[C@H]2C)nc2cc(Cl)ccc2c1=O. The number of hydrogen-bond donors (Lipinski definition) is 0. The summed E-state index contributed by atoms with van der Waals surface area (Å²) in [5.74, 6) is 0.415. The molecule has 0 saturated carbocycles. The number of piperidine rings is 1. The van der Waals surface area contributed by atoms with Crippen LogP contribution in [0.2, 0.25) is 5.02 Å². The Morgan fingerprint density at radius 1 is 1.38 bits per heavy atom. The van der Waals surface area contributed by atoms with E-state index in [0.29, 0.717) is 33.4 Å². The van der Waals surface area contributed by atoms with E-state index in [1.165, 1.54) is 18.2 Å². The first-order valence-electron chi connectivity index (χ1n) is 9.13. The minimum absolute atomic E-state index is 0.0743. The average Bonchev–Trinajstić information content (AvgIpc) is 2.62. The summed E-state index contributed by atoms with van der Waals surface area (Å²) in [6.45, 7) is 5.53. The second kappa shape index (κ2) is 8.44. The summed E-state index contributed by atoms with van der Waals surface area (Å²) in [5.41, 5.74) is 0.506. The van der Waals surface area contributed by atoms with Crippen molar-refractivity contribution in [3.63, 3.8) is 0 Å². The molecule has 0 unspecified atom stereocenters. The molecular weight excluding hydrogens is 370 g/mol. The van der Waals surface area contributed by atoms with Gasteiger partial charge in [0.15, 0.2) is 5.16 Å². The number of fused-ring (bicyclic) bond motifs is 1. The van der Waals surface area contributed by atoms with Gasteiger partial charge in [0.25, 0.3) is 5.56 Å². The highest BCUT2D eigenvalue weighted by molar-refractivity contribution is 7.99. The minimum Gasteiger partial charge on any atom is -0.339 e. The molecule has 1 fully saturated rings. The van der Waals surface area contributed by atoms with E-state index in [1.54, 1.807) is 22.8 Å². The van der Waals surface area contributed by atoms with E-state index in [0.717, 1.165) is 25.8 Å². The van der Waals surface area contributed by atoms with Crippen molar-refractivity contribution in [1.82, 2.24) is 14.5 Å². The number of hydrogen-bond acceptors (Lipinski definition) is 4. The third-order valence-corrected chi connectivity index (χ3v) is 5.97. The molecule has 5 nitrogen and oxygen atoms in total. The summed E-state index contributed by atoms with van der Waals surface area (Å²) in [4.78, 5) is 32.0. The highest BCUT2D eigenvalue weighted by atomic mass is 35.5. The first kappa shape index (κ1) is 19.2. The number of amides is 1. The number of benzene rings is 1. The molecule has 1 saturated heterocycles. The van der Waals surface area contributed by atoms with Crippen LogP contribution in [-0.4, -0.2) is 38.7 Å². The predicted octanol–water partition coefficient (Wildman–Crippen LogP) is 3.95. The highest BCUT2D eigenvalue weighted by Crippen LogP contribution is 2.23. The van der Waals surface area contributed by atoms with Crippen molar-refractivity contribution in [3.8, 4) is 0 Å². The lowest BCUT2D eigenvalue weighted by atomic mass is 10.0. The van der Waals surface area contributed by atoms with Gasteiger partial charge in [0, 0.05) is 24.2 Å². The molecule has 1 aromatic carbocycles. The van der Waals surface area contributed by atoms with Crippen LogP contribution < -0.4 is 5.56 Å². The zero-order chi connectivity index (χ0) is 18.7. The van der Waals surface area contributed by atoms with E-state index in [2.05, 4.69) is 11.9 Å². The zero-order valence-electron chi connectivity index (χ0n) is 15.2. The number of halogens is 1. The molecule has 140 valence electrons. The topological polar surface area (TPSA) is 55.2 Å². The molecule has 0 bridgehead atoms. The molecule has 1 aliphatic heterocycles. The standard InChI is InChI=1S/C19H24ClN3O2S/c1-3-9-23-18(25)15-8-7-14(20)11-16(15)21-19(23)26-12-17(24)22-10-5-4-6-13(22)2/h7-8,11,13H,3-6,9-10,12H2,1-2H3/t13-/m1/s1. The Balaban J connectivity index is 1.87. The van der Waals surface area contributed by atoms with Crippen LogP contribution in [-0.2, 0) is 11.3 Å². The molecule has 1 atom stereocenters. The fourth-order valence-corrected chi connectivity index (χ4v) is 4.46. The van der Waals surface area contributed by atoms with Gasteiger partial charge in [-0.2, -0.15) is 0 Å². The lowest BCUT2D eigenvalue weighted by Gasteiger charge is -2.33.